The zero-order chi connectivity index (χ0) is 16.1. The lowest BCUT2D eigenvalue weighted by Gasteiger charge is -2.32. The first-order valence-corrected chi connectivity index (χ1v) is 8.96. The fraction of sp³-hybridized carbons (Fsp3) is 0.800. The molecule has 0 aliphatic heterocycles. The van der Waals surface area contributed by atoms with E-state index in [1.54, 1.807) is 7.11 Å². The Morgan fingerprint density at radius 2 is 1.29 bits per heavy atom. The van der Waals surface area contributed by atoms with E-state index in [0.29, 0.717) is 11.8 Å². The second kappa shape index (κ2) is 13.0. The van der Waals surface area contributed by atoms with E-state index < -0.39 is 0 Å². The van der Waals surface area contributed by atoms with Gasteiger partial charge in [-0.1, -0.05) is 83.9 Å². The minimum Gasteiger partial charge on any atom is -0.501 e. The van der Waals surface area contributed by atoms with Gasteiger partial charge in [0.05, 0.1) is 12.9 Å². The maximum Gasteiger partial charge on any atom is 0.0920 e. The van der Waals surface area contributed by atoms with Crippen molar-refractivity contribution in [1.82, 2.24) is 0 Å². The summed E-state index contributed by atoms with van der Waals surface area (Å²) in [5.74, 6) is 2.05. The third-order valence-corrected chi connectivity index (χ3v) is 4.57. The molecule has 2 aliphatic carbocycles. The van der Waals surface area contributed by atoms with Gasteiger partial charge in [0.15, 0.2) is 0 Å². The maximum atomic E-state index is 5.23. The van der Waals surface area contributed by atoms with Gasteiger partial charge in [-0.25, -0.2) is 0 Å². The SMILES string of the molecule is C1CCC1.C=C(C)C1CCCCC1C(=C)OC.CCCC. The number of allylic oxidation sites excluding steroid dienone is 2. The lowest BCUT2D eigenvalue weighted by atomic mass is 9.75. The van der Waals surface area contributed by atoms with Gasteiger partial charge in [0, 0.05) is 5.92 Å². The molecule has 0 N–H and O–H groups in total. The summed E-state index contributed by atoms with van der Waals surface area (Å²) in [7, 11) is 1.71. The van der Waals surface area contributed by atoms with Gasteiger partial charge in [-0.05, 0) is 25.7 Å². The Labute approximate surface area is 133 Å². The van der Waals surface area contributed by atoms with Crippen molar-refractivity contribution in [3.8, 4) is 0 Å². The van der Waals surface area contributed by atoms with E-state index >= 15 is 0 Å². The molecule has 2 atom stereocenters. The second-order valence-electron chi connectivity index (χ2n) is 6.43. The third kappa shape index (κ3) is 9.01. The van der Waals surface area contributed by atoms with Crippen molar-refractivity contribution in [2.45, 2.75) is 85.0 Å². The predicted molar refractivity (Wildman–Crippen MR) is 95.5 cm³/mol. The summed E-state index contributed by atoms with van der Waals surface area (Å²) in [4.78, 5) is 0. The van der Waals surface area contributed by atoms with Crippen LogP contribution in [-0.4, -0.2) is 7.11 Å². The molecule has 0 spiro atoms. The average Bonchev–Trinajstić information content (AvgIpc) is 2.45. The molecule has 2 aliphatic rings. The molecule has 2 unspecified atom stereocenters. The van der Waals surface area contributed by atoms with Crippen LogP contribution in [-0.2, 0) is 4.74 Å². The Balaban J connectivity index is 0.000000407. The molecule has 0 aromatic rings. The summed E-state index contributed by atoms with van der Waals surface area (Å²) in [6.07, 6.45) is 13.7. The van der Waals surface area contributed by atoms with Crippen molar-refractivity contribution in [2.24, 2.45) is 11.8 Å². The van der Waals surface area contributed by atoms with Crippen molar-refractivity contribution >= 4 is 0 Å². The number of methoxy groups -OCH3 is 1. The Morgan fingerprint density at radius 1 is 0.857 bits per heavy atom. The first kappa shape index (κ1) is 20.3. The summed E-state index contributed by atoms with van der Waals surface area (Å²) < 4.78 is 5.23. The molecule has 124 valence electrons. The molecule has 0 aromatic carbocycles. The van der Waals surface area contributed by atoms with Crippen molar-refractivity contribution < 1.29 is 4.74 Å². The van der Waals surface area contributed by atoms with E-state index in [0.717, 1.165) is 5.76 Å². The first-order chi connectivity index (χ1) is 10.1. The summed E-state index contributed by atoms with van der Waals surface area (Å²) in [5, 5.41) is 0. The van der Waals surface area contributed by atoms with Crippen molar-refractivity contribution in [3.05, 3.63) is 24.5 Å². The Hall–Kier alpha value is -0.720. The van der Waals surface area contributed by atoms with Crippen LogP contribution >= 0.6 is 0 Å². The number of rotatable bonds is 4. The molecule has 0 amide bonds. The number of hydrogen-bond donors (Lipinski definition) is 0. The van der Waals surface area contributed by atoms with Gasteiger partial charge in [0.1, 0.15) is 0 Å². The van der Waals surface area contributed by atoms with Crippen LogP contribution in [0, 0.1) is 11.8 Å². The van der Waals surface area contributed by atoms with Crippen LogP contribution in [0.2, 0.25) is 0 Å². The molecular weight excluding hydrogens is 256 g/mol. The van der Waals surface area contributed by atoms with E-state index in [2.05, 4.69) is 33.9 Å². The van der Waals surface area contributed by atoms with Crippen LogP contribution in [0.1, 0.15) is 85.0 Å². The van der Waals surface area contributed by atoms with E-state index in [1.165, 1.54) is 69.8 Å². The molecule has 0 heterocycles. The zero-order valence-electron chi connectivity index (χ0n) is 15.0. The minimum atomic E-state index is 0.510. The van der Waals surface area contributed by atoms with E-state index in [1.807, 2.05) is 0 Å². The minimum absolute atomic E-state index is 0.510. The highest BCUT2D eigenvalue weighted by Gasteiger charge is 2.28. The standard InChI is InChI=1S/C12H20O.C4H8.C4H10/c1-9(2)11-7-5-6-8-12(11)10(3)13-4;1-2-4-3-1;1-3-4-2/h11-12H,1,3,5-8H2,2,4H3;1-4H2;3-4H2,1-2H3. The largest absolute Gasteiger partial charge is 0.501 e. The summed E-state index contributed by atoms with van der Waals surface area (Å²) in [6.45, 7) is 14.5. The van der Waals surface area contributed by atoms with Crippen LogP contribution < -0.4 is 0 Å². The molecule has 21 heavy (non-hydrogen) atoms. The van der Waals surface area contributed by atoms with Crippen molar-refractivity contribution in [1.29, 1.82) is 0 Å². The number of hydrogen-bond acceptors (Lipinski definition) is 1. The lowest BCUT2D eigenvalue weighted by Crippen LogP contribution is -2.22. The van der Waals surface area contributed by atoms with Crippen LogP contribution in [0.3, 0.4) is 0 Å². The molecule has 0 saturated heterocycles. The molecule has 0 radical (unpaired) electrons. The Morgan fingerprint density at radius 3 is 1.57 bits per heavy atom. The first-order valence-electron chi connectivity index (χ1n) is 8.96. The monoisotopic (exact) mass is 294 g/mol. The highest BCUT2D eigenvalue weighted by Crippen LogP contribution is 2.38. The number of ether oxygens (including phenoxy) is 1. The van der Waals surface area contributed by atoms with Gasteiger partial charge < -0.3 is 4.74 Å². The topological polar surface area (TPSA) is 9.23 Å². The zero-order valence-corrected chi connectivity index (χ0v) is 15.0. The molecular formula is C20H38O. The van der Waals surface area contributed by atoms with Gasteiger partial charge in [0.25, 0.3) is 0 Å². The fourth-order valence-corrected chi connectivity index (χ4v) is 2.51. The predicted octanol–water partition coefficient (Wildman–Crippen LogP) is 6.90. The van der Waals surface area contributed by atoms with E-state index in [9.17, 15) is 0 Å². The summed E-state index contributed by atoms with van der Waals surface area (Å²) in [5.41, 5.74) is 1.28. The highest BCUT2D eigenvalue weighted by atomic mass is 16.5. The summed E-state index contributed by atoms with van der Waals surface area (Å²) in [6, 6.07) is 0. The Kier molecular flexibility index (Phi) is 12.5. The van der Waals surface area contributed by atoms with Gasteiger partial charge in [-0.2, -0.15) is 0 Å². The maximum absolute atomic E-state index is 5.23. The average molecular weight is 295 g/mol. The van der Waals surface area contributed by atoms with Crippen LogP contribution in [0.5, 0.6) is 0 Å². The van der Waals surface area contributed by atoms with Crippen LogP contribution in [0.4, 0.5) is 0 Å². The van der Waals surface area contributed by atoms with E-state index in [-0.39, 0.29) is 0 Å². The second-order valence-corrected chi connectivity index (χ2v) is 6.43. The molecule has 2 fully saturated rings. The van der Waals surface area contributed by atoms with Gasteiger partial charge in [-0.3, -0.25) is 0 Å². The number of unbranched alkanes of at least 4 members (excludes halogenated alkanes) is 1. The molecule has 2 saturated carbocycles. The van der Waals surface area contributed by atoms with Crippen molar-refractivity contribution in [2.75, 3.05) is 7.11 Å². The van der Waals surface area contributed by atoms with Gasteiger partial charge >= 0.3 is 0 Å². The summed E-state index contributed by atoms with van der Waals surface area (Å²) >= 11 is 0. The van der Waals surface area contributed by atoms with Crippen molar-refractivity contribution in [3.63, 3.8) is 0 Å². The normalized spacial score (nSPS) is 23.4. The molecule has 2 rings (SSSR count). The van der Waals surface area contributed by atoms with Gasteiger partial charge in [-0.15, -0.1) is 0 Å². The van der Waals surface area contributed by atoms with Gasteiger partial charge in [0.2, 0.25) is 0 Å². The smallest absolute Gasteiger partial charge is 0.0920 e. The molecule has 0 bridgehead atoms. The third-order valence-electron chi connectivity index (χ3n) is 4.57. The fourth-order valence-electron chi connectivity index (χ4n) is 2.51. The molecule has 0 aromatic heterocycles. The van der Waals surface area contributed by atoms with E-state index in [4.69, 9.17) is 4.74 Å². The Bertz CT molecular complexity index is 270. The van der Waals surface area contributed by atoms with Crippen LogP contribution in [0.15, 0.2) is 24.5 Å². The quantitative estimate of drug-likeness (QED) is 0.405. The lowest BCUT2D eigenvalue weighted by molar-refractivity contribution is 0.184. The molecule has 1 heteroatoms. The van der Waals surface area contributed by atoms with Crippen LogP contribution in [0.25, 0.3) is 0 Å². The highest BCUT2D eigenvalue weighted by molar-refractivity contribution is 5.08. The molecule has 1 nitrogen and oxygen atoms in total.